The smallest absolute Gasteiger partial charge is 0.255 e. The molecule has 3 nitrogen and oxygen atoms in total. The highest BCUT2D eigenvalue weighted by atomic mass is 79.9. The second-order valence-corrected chi connectivity index (χ2v) is 6.76. The number of furan rings is 1. The first kappa shape index (κ1) is 14.4. The van der Waals surface area contributed by atoms with Crippen LogP contribution in [0, 0.1) is 20.8 Å². The molecule has 0 spiro atoms. The minimum atomic E-state index is -0.0620. The van der Waals surface area contributed by atoms with Crippen molar-refractivity contribution in [3.05, 3.63) is 58.0 Å². The average Bonchev–Trinajstić information content (AvgIpc) is 2.88. The third kappa shape index (κ3) is 2.42. The fourth-order valence-corrected chi connectivity index (χ4v) is 3.82. The van der Waals surface area contributed by atoms with E-state index in [2.05, 4.69) is 33.4 Å². The average molecular weight is 348 g/mol. The van der Waals surface area contributed by atoms with Gasteiger partial charge in [0.25, 0.3) is 5.91 Å². The molecule has 1 N–H and O–H groups in total. The van der Waals surface area contributed by atoms with Gasteiger partial charge in [0.15, 0.2) is 0 Å². The van der Waals surface area contributed by atoms with E-state index in [-0.39, 0.29) is 16.8 Å². The van der Waals surface area contributed by atoms with Crippen molar-refractivity contribution < 1.29 is 9.21 Å². The summed E-state index contributed by atoms with van der Waals surface area (Å²) in [7, 11) is 0. The van der Waals surface area contributed by atoms with E-state index in [9.17, 15) is 4.79 Å². The van der Waals surface area contributed by atoms with Gasteiger partial charge in [-0.1, -0.05) is 40.2 Å². The number of benzene rings is 1. The van der Waals surface area contributed by atoms with Gasteiger partial charge in [-0.3, -0.25) is 4.79 Å². The highest BCUT2D eigenvalue weighted by Crippen LogP contribution is 2.36. The molecule has 1 aromatic heterocycles. The van der Waals surface area contributed by atoms with E-state index < -0.39 is 0 Å². The molecule has 1 heterocycles. The second-order valence-electron chi connectivity index (χ2n) is 5.58. The number of carbonyl (C=O) groups is 1. The number of hydrogen-bond acceptors (Lipinski definition) is 2. The Hall–Kier alpha value is -1.55. The number of amides is 1. The quantitative estimate of drug-likeness (QED) is 0.834. The zero-order chi connectivity index (χ0) is 15.1. The number of nitrogens with one attached hydrogen (secondary N) is 1. The number of alkyl halides is 1. The third-order valence-electron chi connectivity index (χ3n) is 4.24. The van der Waals surface area contributed by atoms with Crippen molar-refractivity contribution in [2.75, 3.05) is 0 Å². The summed E-state index contributed by atoms with van der Waals surface area (Å²) < 4.78 is 5.55. The van der Waals surface area contributed by atoms with Crippen LogP contribution in [-0.4, -0.2) is 10.7 Å². The van der Waals surface area contributed by atoms with Gasteiger partial charge in [-0.05, 0) is 38.3 Å². The predicted octanol–water partition coefficient (Wildman–Crippen LogP) is 4.00. The number of hydrogen-bond donors (Lipinski definition) is 1. The molecule has 110 valence electrons. The van der Waals surface area contributed by atoms with E-state index in [1.807, 2.05) is 32.9 Å². The van der Waals surface area contributed by atoms with Crippen LogP contribution in [0.1, 0.15) is 44.6 Å². The van der Waals surface area contributed by atoms with Crippen LogP contribution < -0.4 is 5.32 Å². The van der Waals surface area contributed by atoms with Gasteiger partial charge in [-0.25, -0.2) is 0 Å². The van der Waals surface area contributed by atoms with E-state index >= 15 is 0 Å². The van der Waals surface area contributed by atoms with Crippen molar-refractivity contribution in [2.24, 2.45) is 0 Å². The zero-order valence-corrected chi connectivity index (χ0v) is 14.0. The van der Waals surface area contributed by atoms with Gasteiger partial charge < -0.3 is 9.73 Å². The molecule has 1 amide bonds. The molecular weight excluding hydrogens is 330 g/mol. The Bertz CT molecular complexity index is 705. The molecule has 0 fully saturated rings. The van der Waals surface area contributed by atoms with Gasteiger partial charge in [0, 0.05) is 10.4 Å². The van der Waals surface area contributed by atoms with Gasteiger partial charge >= 0.3 is 0 Å². The van der Waals surface area contributed by atoms with E-state index in [0.29, 0.717) is 11.3 Å². The summed E-state index contributed by atoms with van der Waals surface area (Å²) in [5.74, 6) is 1.42. The topological polar surface area (TPSA) is 42.2 Å². The van der Waals surface area contributed by atoms with Crippen LogP contribution in [0.4, 0.5) is 0 Å². The fourth-order valence-electron chi connectivity index (χ4n) is 3.06. The first-order valence-electron chi connectivity index (χ1n) is 7.08. The van der Waals surface area contributed by atoms with Gasteiger partial charge in [0.05, 0.1) is 11.6 Å². The molecular formula is C17H18BrNO2. The van der Waals surface area contributed by atoms with Crippen LogP contribution in [0.25, 0.3) is 0 Å². The molecule has 3 rings (SSSR count). The summed E-state index contributed by atoms with van der Waals surface area (Å²) in [5, 5.41) is 3.15. The number of carbonyl (C=O) groups excluding carboxylic acids is 1. The minimum absolute atomic E-state index is 0.00251. The highest BCUT2D eigenvalue weighted by molar-refractivity contribution is 9.09. The lowest BCUT2D eigenvalue weighted by molar-refractivity contribution is 0.0936. The largest absolute Gasteiger partial charge is 0.466 e. The molecule has 2 unspecified atom stereocenters. The summed E-state index contributed by atoms with van der Waals surface area (Å²) in [6.45, 7) is 5.65. The molecule has 2 atom stereocenters. The van der Waals surface area contributed by atoms with E-state index in [1.54, 1.807) is 0 Å². The number of aryl methyl sites for hydroxylation is 2. The molecule has 0 bridgehead atoms. The molecule has 2 aromatic rings. The third-order valence-corrected chi connectivity index (χ3v) is 5.09. The molecule has 21 heavy (non-hydrogen) atoms. The Kier molecular flexibility index (Phi) is 3.66. The Morgan fingerprint density at radius 2 is 1.95 bits per heavy atom. The van der Waals surface area contributed by atoms with Crippen molar-refractivity contribution in [3.8, 4) is 0 Å². The van der Waals surface area contributed by atoms with Crippen molar-refractivity contribution in [3.63, 3.8) is 0 Å². The van der Waals surface area contributed by atoms with Crippen molar-refractivity contribution in [1.29, 1.82) is 0 Å². The monoisotopic (exact) mass is 347 g/mol. The molecule has 1 aromatic carbocycles. The maximum atomic E-state index is 12.6. The lowest BCUT2D eigenvalue weighted by Gasteiger charge is -2.17. The van der Waals surface area contributed by atoms with Gasteiger partial charge in [0.2, 0.25) is 0 Å². The zero-order valence-electron chi connectivity index (χ0n) is 12.4. The summed E-state index contributed by atoms with van der Waals surface area (Å²) in [4.78, 5) is 12.8. The first-order chi connectivity index (χ1) is 9.99. The fraction of sp³-hybridized carbons (Fsp3) is 0.353. The Balaban J connectivity index is 1.89. The summed E-state index contributed by atoms with van der Waals surface area (Å²) in [6, 6.07) is 8.26. The lowest BCUT2D eigenvalue weighted by atomic mass is 10.1. The molecule has 0 saturated carbocycles. The summed E-state index contributed by atoms with van der Waals surface area (Å²) in [5.41, 5.74) is 4.07. The Morgan fingerprint density at radius 1 is 1.24 bits per heavy atom. The molecule has 0 radical (unpaired) electrons. The molecule has 4 heteroatoms. The molecule has 0 saturated heterocycles. The van der Waals surface area contributed by atoms with Gasteiger partial charge in [-0.2, -0.15) is 0 Å². The summed E-state index contributed by atoms with van der Waals surface area (Å²) >= 11 is 3.69. The van der Waals surface area contributed by atoms with E-state index in [4.69, 9.17) is 4.42 Å². The van der Waals surface area contributed by atoms with Gasteiger partial charge in [0.1, 0.15) is 11.5 Å². The maximum absolute atomic E-state index is 12.6. The molecule has 1 aliphatic carbocycles. The van der Waals surface area contributed by atoms with E-state index in [0.717, 1.165) is 17.7 Å². The highest BCUT2D eigenvalue weighted by Gasteiger charge is 2.32. The molecule has 1 aliphatic rings. The van der Waals surface area contributed by atoms with Crippen LogP contribution in [-0.2, 0) is 6.42 Å². The second kappa shape index (κ2) is 5.34. The Labute approximate surface area is 132 Å². The van der Waals surface area contributed by atoms with Crippen LogP contribution in [0.2, 0.25) is 0 Å². The first-order valence-corrected chi connectivity index (χ1v) is 8.00. The maximum Gasteiger partial charge on any atom is 0.255 e. The van der Waals surface area contributed by atoms with Crippen molar-refractivity contribution in [2.45, 2.75) is 38.1 Å². The van der Waals surface area contributed by atoms with Crippen LogP contribution in [0.3, 0.4) is 0 Å². The van der Waals surface area contributed by atoms with E-state index in [1.165, 1.54) is 11.1 Å². The number of fused-ring (bicyclic) bond motifs is 1. The SMILES string of the molecule is Cc1oc(C)c(C(=O)NC2c3ccccc3CC2Br)c1C. The molecule has 0 aliphatic heterocycles. The van der Waals surface area contributed by atoms with Crippen LogP contribution in [0.15, 0.2) is 28.7 Å². The Morgan fingerprint density at radius 3 is 2.62 bits per heavy atom. The number of rotatable bonds is 2. The summed E-state index contributed by atoms with van der Waals surface area (Å²) in [6.07, 6.45) is 0.934. The van der Waals surface area contributed by atoms with Crippen molar-refractivity contribution >= 4 is 21.8 Å². The van der Waals surface area contributed by atoms with Crippen molar-refractivity contribution in [1.82, 2.24) is 5.32 Å². The standard InChI is InChI=1S/C17H18BrNO2/c1-9-10(2)21-11(3)15(9)17(20)19-16-13-7-5-4-6-12(13)8-14(16)18/h4-7,14,16H,8H2,1-3H3,(H,19,20). The van der Waals surface area contributed by atoms with Crippen LogP contribution >= 0.6 is 15.9 Å². The van der Waals surface area contributed by atoms with Gasteiger partial charge in [-0.15, -0.1) is 0 Å². The predicted molar refractivity (Wildman–Crippen MR) is 86.0 cm³/mol. The normalized spacial score (nSPS) is 20.4. The van der Waals surface area contributed by atoms with Crippen LogP contribution in [0.5, 0.6) is 0 Å². The minimum Gasteiger partial charge on any atom is -0.466 e. The lowest BCUT2D eigenvalue weighted by Crippen LogP contribution is -2.32. The number of halogens is 1.